The van der Waals surface area contributed by atoms with Crippen LogP contribution in [0.5, 0.6) is 11.5 Å². The summed E-state index contributed by atoms with van der Waals surface area (Å²) < 4.78 is 13.4. The molecule has 154 valence electrons. The van der Waals surface area contributed by atoms with Gasteiger partial charge in [0, 0.05) is 29.3 Å². The summed E-state index contributed by atoms with van der Waals surface area (Å²) in [6.07, 6.45) is 2.15. The van der Waals surface area contributed by atoms with Gasteiger partial charge in [-0.15, -0.1) is 10.2 Å². The van der Waals surface area contributed by atoms with Crippen LogP contribution >= 0.6 is 0 Å². The van der Waals surface area contributed by atoms with Crippen LogP contribution in [0.4, 0.5) is 0 Å². The van der Waals surface area contributed by atoms with Crippen molar-refractivity contribution < 1.29 is 9.47 Å². The molecule has 5 nitrogen and oxygen atoms in total. The number of aromatic nitrogens is 3. The molecule has 0 spiro atoms. The Balaban J connectivity index is 1.71. The number of ether oxygens (including phenoxy) is 2. The number of hydrogen-bond donors (Lipinski definition) is 0. The molecule has 3 aromatic carbocycles. The largest absolute Gasteiger partial charge is 0.497 e. The predicted octanol–water partition coefficient (Wildman–Crippen LogP) is 5.66. The molecule has 0 radical (unpaired) electrons. The average molecular weight is 409 g/mol. The van der Waals surface area contributed by atoms with Gasteiger partial charge in [0.15, 0.2) is 0 Å². The Morgan fingerprint density at radius 1 is 0.839 bits per heavy atom. The van der Waals surface area contributed by atoms with E-state index in [9.17, 15) is 0 Å². The molecule has 2 aliphatic rings. The first-order valence-electron chi connectivity index (χ1n) is 10.4. The Labute approximate surface area is 181 Å². The van der Waals surface area contributed by atoms with Gasteiger partial charge in [0.05, 0.1) is 19.2 Å². The summed E-state index contributed by atoms with van der Waals surface area (Å²) in [7, 11) is 1.69. The minimum Gasteiger partial charge on any atom is -0.497 e. The number of methoxy groups -OCH3 is 1. The van der Waals surface area contributed by atoms with E-state index in [4.69, 9.17) is 9.47 Å². The standard InChI is InChI=1S/C26H23N3O2/c1-3-31-21-12-13-24-22(15-21)26-23(25(27-28-26)19-9-5-4-6-10-19)17-29(24)16-18-8-7-11-20(14-18)30-2/h4-15,17H,3,16H2,1-2H3. The van der Waals surface area contributed by atoms with E-state index in [0.717, 1.165) is 50.5 Å². The normalized spacial score (nSPS) is 11.2. The molecule has 2 aliphatic heterocycles. The quantitative estimate of drug-likeness (QED) is 0.363. The summed E-state index contributed by atoms with van der Waals surface area (Å²) in [5, 5.41) is 10.1. The Bertz CT molecular complexity index is 1310. The number of fused-ring (bicyclic) bond motifs is 3. The third-order valence-electron chi connectivity index (χ3n) is 5.42. The first kappa shape index (κ1) is 19.1. The number of rotatable bonds is 6. The van der Waals surface area contributed by atoms with E-state index in [1.807, 2.05) is 43.3 Å². The van der Waals surface area contributed by atoms with Gasteiger partial charge in [0.2, 0.25) is 0 Å². The maximum atomic E-state index is 5.77. The average Bonchev–Trinajstić information content (AvgIpc) is 3.24. The van der Waals surface area contributed by atoms with Crippen LogP contribution in [0.1, 0.15) is 12.5 Å². The fraction of sp³-hybridized carbons (Fsp3) is 0.154. The summed E-state index contributed by atoms with van der Waals surface area (Å²) in [6.45, 7) is 3.31. The summed E-state index contributed by atoms with van der Waals surface area (Å²) in [4.78, 5) is 0. The third-order valence-corrected chi connectivity index (χ3v) is 5.42. The molecule has 2 heterocycles. The molecule has 0 aromatic heterocycles. The first-order valence-corrected chi connectivity index (χ1v) is 10.4. The summed E-state index contributed by atoms with van der Waals surface area (Å²) in [5.74, 6) is 1.68. The second-order valence-corrected chi connectivity index (χ2v) is 7.40. The van der Waals surface area contributed by atoms with Gasteiger partial charge in [-0.2, -0.15) is 0 Å². The monoisotopic (exact) mass is 409 g/mol. The van der Waals surface area contributed by atoms with Gasteiger partial charge in [0.25, 0.3) is 0 Å². The van der Waals surface area contributed by atoms with Gasteiger partial charge in [-0.1, -0.05) is 42.5 Å². The molecule has 0 saturated carbocycles. The van der Waals surface area contributed by atoms with Crippen molar-refractivity contribution in [2.75, 3.05) is 13.7 Å². The van der Waals surface area contributed by atoms with Gasteiger partial charge in [-0.05, 0) is 42.8 Å². The highest BCUT2D eigenvalue weighted by Gasteiger charge is 2.20. The third kappa shape index (κ3) is 3.59. The van der Waals surface area contributed by atoms with E-state index in [1.165, 1.54) is 0 Å². The van der Waals surface area contributed by atoms with Crippen molar-refractivity contribution in [3.63, 3.8) is 0 Å². The molecule has 0 aliphatic carbocycles. The Morgan fingerprint density at radius 3 is 2.48 bits per heavy atom. The molecule has 0 unspecified atom stereocenters. The van der Waals surface area contributed by atoms with Crippen molar-refractivity contribution in [1.29, 1.82) is 0 Å². The zero-order valence-corrected chi connectivity index (χ0v) is 17.6. The van der Waals surface area contributed by atoms with Crippen molar-refractivity contribution >= 4 is 10.9 Å². The van der Waals surface area contributed by atoms with Crippen LogP contribution in [0.3, 0.4) is 0 Å². The lowest BCUT2D eigenvalue weighted by Crippen LogP contribution is -2.05. The van der Waals surface area contributed by atoms with E-state index in [-0.39, 0.29) is 0 Å². The lowest BCUT2D eigenvalue weighted by Gasteiger charge is -2.16. The van der Waals surface area contributed by atoms with Crippen molar-refractivity contribution in [2.24, 2.45) is 0 Å². The molecule has 0 atom stereocenters. The smallest absolute Gasteiger partial charge is 0.120 e. The minimum atomic E-state index is 0.618. The van der Waals surface area contributed by atoms with Crippen LogP contribution in [-0.2, 0) is 6.54 Å². The molecule has 0 saturated heterocycles. The van der Waals surface area contributed by atoms with Gasteiger partial charge in [-0.3, -0.25) is 0 Å². The minimum absolute atomic E-state index is 0.618. The van der Waals surface area contributed by atoms with E-state index in [2.05, 4.69) is 57.4 Å². The van der Waals surface area contributed by atoms with Gasteiger partial charge in [0.1, 0.15) is 22.9 Å². The molecule has 5 rings (SSSR count). The summed E-state index contributed by atoms with van der Waals surface area (Å²) in [5.41, 5.74) is 6.09. The van der Waals surface area contributed by atoms with Crippen LogP contribution in [0, 0.1) is 0 Å². The van der Waals surface area contributed by atoms with E-state index >= 15 is 0 Å². The van der Waals surface area contributed by atoms with Crippen LogP contribution in [-0.4, -0.2) is 28.5 Å². The van der Waals surface area contributed by atoms with Crippen molar-refractivity contribution in [1.82, 2.24) is 14.8 Å². The maximum Gasteiger partial charge on any atom is 0.120 e. The van der Waals surface area contributed by atoms with Crippen molar-refractivity contribution in [2.45, 2.75) is 13.5 Å². The molecule has 0 amide bonds. The highest BCUT2D eigenvalue weighted by atomic mass is 16.5. The summed E-state index contributed by atoms with van der Waals surface area (Å²) in [6, 6.07) is 24.5. The van der Waals surface area contributed by atoms with Crippen molar-refractivity contribution in [3.05, 3.63) is 84.6 Å². The van der Waals surface area contributed by atoms with Crippen LogP contribution < -0.4 is 9.47 Å². The number of hydrogen-bond acceptors (Lipinski definition) is 4. The number of nitrogens with zero attached hydrogens (tertiary/aromatic N) is 3. The van der Waals surface area contributed by atoms with Crippen LogP contribution in [0.2, 0.25) is 0 Å². The molecular weight excluding hydrogens is 386 g/mol. The predicted molar refractivity (Wildman–Crippen MR) is 123 cm³/mol. The Kier molecular flexibility index (Phi) is 5.00. The fourth-order valence-corrected chi connectivity index (χ4v) is 3.99. The lowest BCUT2D eigenvalue weighted by molar-refractivity contribution is 0.340. The zero-order valence-electron chi connectivity index (χ0n) is 17.6. The number of benzene rings is 3. The van der Waals surface area contributed by atoms with Gasteiger partial charge in [-0.25, -0.2) is 0 Å². The van der Waals surface area contributed by atoms with E-state index < -0.39 is 0 Å². The molecule has 5 heteroatoms. The van der Waals surface area contributed by atoms with Crippen molar-refractivity contribution in [3.8, 4) is 34.0 Å². The second kappa shape index (κ2) is 8.11. The molecule has 31 heavy (non-hydrogen) atoms. The second-order valence-electron chi connectivity index (χ2n) is 7.40. The molecular formula is C26H23N3O2. The first-order chi connectivity index (χ1) is 15.3. The van der Waals surface area contributed by atoms with Gasteiger partial charge >= 0.3 is 0 Å². The Hall–Kier alpha value is -3.86. The van der Waals surface area contributed by atoms with E-state index in [0.29, 0.717) is 13.2 Å². The molecule has 0 fully saturated rings. The Morgan fingerprint density at radius 2 is 1.68 bits per heavy atom. The summed E-state index contributed by atoms with van der Waals surface area (Å²) >= 11 is 0. The van der Waals surface area contributed by atoms with E-state index in [1.54, 1.807) is 7.11 Å². The molecule has 3 aromatic rings. The SMILES string of the molecule is CCOc1ccc2c(c1)c1nnc(-c3ccccc3)c-1cn2Cc1cccc(OC)c1. The maximum absolute atomic E-state index is 5.77. The molecule has 0 bridgehead atoms. The lowest BCUT2D eigenvalue weighted by atomic mass is 10.0. The van der Waals surface area contributed by atoms with Crippen LogP contribution in [0.15, 0.2) is 79.0 Å². The topological polar surface area (TPSA) is 49.2 Å². The fourth-order valence-electron chi connectivity index (χ4n) is 3.99. The zero-order chi connectivity index (χ0) is 21.2. The molecule has 0 N–H and O–H groups in total. The number of pyridine rings is 1. The highest BCUT2D eigenvalue weighted by Crippen LogP contribution is 2.38. The highest BCUT2D eigenvalue weighted by molar-refractivity contribution is 5.98. The van der Waals surface area contributed by atoms with Crippen LogP contribution in [0.25, 0.3) is 33.4 Å². The van der Waals surface area contributed by atoms with Gasteiger partial charge < -0.3 is 14.0 Å².